The van der Waals surface area contributed by atoms with Crippen molar-refractivity contribution in [1.29, 1.82) is 5.26 Å². The minimum atomic E-state index is -0.126. The third-order valence-electron chi connectivity index (χ3n) is 3.94. The molecule has 3 rings (SSSR count). The van der Waals surface area contributed by atoms with Crippen LogP contribution in [0.2, 0.25) is 5.02 Å². The van der Waals surface area contributed by atoms with Gasteiger partial charge in [-0.1, -0.05) is 29.8 Å². The molecular formula is C17H14ClFN2. The highest BCUT2D eigenvalue weighted by molar-refractivity contribution is 6.31. The third-order valence-corrected chi connectivity index (χ3v) is 4.27. The van der Waals surface area contributed by atoms with E-state index in [1.54, 1.807) is 18.2 Å². The lowest BCUT2D eigenvalue weighted by Crippen LogP contribution is -2.34. The first-order chi connectivity index (χ1) is 10.2. The number of nitrogens with one attached hydrogen (secondary N) is 1. The topological polar surface area (TPSA) is 35.8 Å². The van der Waals surface area contributed by atoms with Gasteiger partial charge in [-0.05, 0) is 48.6 Å². The molecular weight excluding hydrogens is 287 g/mol. The molecule has 0 heterocycles. The van der Waals surface area contributed by atoms with Crippen molar-refractivity contribution in [3.63, 3.8) is 0 Å². The molecule has 106 valence electrons. The van der Waals surface area contributed by atoms with Crippen molar-refractivity contribution in [2.24, 2.45) is 0 Å². The predicted octanol–water partition coefficient (Wildman–Crippen LogP) is 4.71. The highest BCUT2D eigenvalue weighted by Gasteiger charge is 2.31. The van der Waals surface area contributed by atoms with Crippen LogP contribution in [-0.4, -0.2) is 6.04 Å². The summed E-state index contributed by atoms with van der Waals surface area (Å²) < 4.78 is 13.7. The number of halogens is 2. The molecule has 0 spiro atoms. The van der Waals surface area contributed by atoms with Crippen LogP contribution in [0.1, 0.15) is 29.9 Å². The van der Waals surface area contributed by atoms with Crippen LogP contribution in [0.25, 0.3) is 0 Å². The van der Waals surface area contributed by atoms with E-state index in [4.69, 9.17) is 16.9 Å². The largest absolute Gasteiger partial charge is 0.382 e. The van der Waals surface area contributed by atoms with Gasteiger partial charge in [0.25, 0.3) is 0 Å². The van der Waals surface area contributed by atoms with Crippen LogP contribution in [0, 0.1) is 17.1 Å². The third kappa shape index (κ3) is 2.86. The zero-order chi connectivity index (χ0) is 14.8. The molecule has 0 atom stereocenters. The number of benzene rings is 2. The summed E-state index contributed by atoms with van der Waals surface area (Å²) in [6.07, 6.45) is 1.79. The van der Waals surface area contributed by atoms with Gasteiger partial charge in [0.15, 0.2) is 0 Å². The van der Waals surface area contributed by atoms with Crippen LogP contribution < -0.4 is 5.32 Å². The maximum Gasteiger partial charge on any atom is 0.126 e. The van der Waals surface area contributed by atoms with Crippen molar-refractivity contribution in [1.82, 2.24) is 0 Å². The molecule has 2 aromatic carbocycles. The maximum absolute atomic E-state index is 13.7. The molecule has 1 fully saturated rings. The number of rotatable bonds is 3. The Bertz CT molecular complexity index is 702. The molecule has 1 aliphatic carbocycles. The first kappa shape index (κ1) is 13.9. The second kappa shape index (κ2) is 5.75. The van der Waals surface area contributed by atoms with Crippen molar-refractivity contribution in [3.05, 3.63) is 64.4 Å². The lowest BCUT2D eigenvalue weighted by atomic mass is 9.75. The van der Waals surface area contributed by atoms with Crippen LogP contribution in [0.3, 0.4) is 0 Å². The Morgan fingerprint density at radius 1 is 1.19 bits per heavy atom. The summed E-state index contributed by atoms with van der Waals surface area (Å²) in [6.45, 7) is 0. The van der Waals surface area contributed by atoms with E-state index in [2.05, 4.69) is 11.4 Å². The van der Waals surface area contributed by atoms with Crippen LogP contribution in [0.4, 0.5) is 10.1 Å². The summed E-state index contributed by atoms with van der Waals surface area (Å²) in [4.78, 5) is 0. The fourth-order valence-corrected chi connectivity index (χ4v) is 2.89. The van der Waals surface area contributed by atoms with E-state index < -0.39 is 0 Å². The second-order valence-corrected chi connectivity index (χ2v) is 5.74. The summed E-state index contributed by atoms with van der Waals surface area (Å²) in [7, 11) is 0. The molecule has 0 saturated heterocycles. The Morgan fingerprint density at radius 3 is 2.67 bits per heavy atom. The summed E-state index contributed by atoms with van der Waals surface area (Å²) in [5.74, 6) is 0.144. The van der Waals surface area contributed by atoms with Crippen LogP contribution in [-0.2, 0) is 0 Å². The van der Waals surface area contributed by atoms with Gasteiger partial charge >= 0.3 is 0 Å². The van der Waals surface area contributed by atoms with Crippen LogP contribution in [0.5, 0.6) is 0 Å². The van der Waals surface area contributed by atoms with Crippen molar-refractivity contribution in [2.45, 2.75) is 24.8 Å². The van der Waals surface area contributed by atoms with Crippen molar-refractivity contribution < 1.29 is 4.39 Å². The Labute approximate surface area is 128 Å². The predicted molar refractivity (Wildman–Crippen MR) is 82.0 cm³/mol. The summed E-state index contributed by atoms with van der Waals surface area (Å²) in [6, 6.07) is 14.6. The van der Waals surface area contributed by atoms with Gasteiger partial charge in [-0.2, -0.15) is 5.26 Å². The van der Waals surface area contributed by atoms with E-state index in [9.17, 15) is 4.39 Å². The van der Waals surface area contributed by atoms with Gasteiger partial charge in [-0.25, -0.2) is 4.39 Å². The quantitative estimate of drug-likeness (QED) is 0.891. The zero-order valence-corrected chi connectivity index (χ0v) is 12.1. The Balaban J connectivity index is 1.63. The normalized spacial score (nSPS) is 20.4. The number of hydrogen-bond donors (Lipinski definition) is 1. The van der Waals surface area contributed by atoms with Crippen molar-refractivity contribution >= 4 is 17.3 Å². The van der Waals surface area contributed by atoms with Gasteiger partial charge < -0.3 is 5.32 Å². The molecule has 2 aromatic rings. The van der Waals surface area contributed by atoms with Crippen molar-refractivity contribution in [3.8, 4) is 6.07 Å². The molecule has 0 aliphatic heterocycles. The van der Waals surface area contributed by atoms with Gasteiger partial charge in [0.1, 0.15) is 11.9 Å². The van der Waals surface area contributed by atoms with E-state index in [0.717, 1.165) is 24.1 Å². The SMILES string of the molecule is N#Cc1cc(NC2CC(c3ccccc3F)C2)ccc1Cl. The molecule has 0 unspecified atom stereocenters. The molecule has 0 radical (unpaired) electrons. The Kier molecular flexibility index (Phi) is 3.81. The number of nitriles is 1. The number of nitrogens with zero attached hydrogens (tertiary/aromatic N) is 1. The van der Waals surface area contributed by atoms with Gasteiger partial charge in [0, 0.05) is 11.7 Å². The molecule has 1 aliphatic rings. The van der Waals surface area contributed by atoms with E-state index in [1.165, 1.54) is 6.07 Å². The highest BCUT2D eigenvalue weighted by Crippen LogP contribution is 2.39. The first-order valence-electron chi connectivity index (χ1n) is 6.88. The monoisotopic (exact) mass is 300 g/mol. The maximum atomic E-state index is 13.7. The molecule has 0 aromatic heterocycles. The summed E-state index contributed by atoms with van der Waals surface area (Å²) >= 11 is 5.91. The van der Waals surface area contributed by atoms with E-state index >= 15 is 0 Å². The van der Waals surface area contributed by atoms with E-state index in [0.29, 0.717) is 16.6 Å². The lowest BCUT2D eigenvalue weighted by molar-refractivity contribution is 0.363. The van der Waals surface area contributed by atoms with Crippen molar-refractivity contribution in [2.75, 3.05) is 5.32 Å². The minimum Gasteiger partial charge on any atom is -0.382 e. The second-order valence-electron chi connectivity index (χ2n) is 5.34. The Hall–Kier alpha value is -2.05. The van der Waals surface area contributed by atoms with Crippen LogP contribution >= 0.6 is 11.6 Å². The average Bonchev–Trinajstić information content (AvgIpc) is 2.45. The van der Waals surface area contributed by atoms with Gasteiger partial charge in [-0.3, -0.25) is 0 Å². The number of hydrogen-bond acceptors (Lipinski definition) is 2. The first-order valence-corrected chi connectivity index (χ1v) is 7.26. The molecule has 4 heteroatoms. The van der Waals surface area contributed by atoms with E-state index in [1.807, 2.05) is 18.2 Å². The molecule has 2 nitrogen and oxygen atoms in total. The zero-order valence-electron chi connectivity index (χ0n) is 11.3. The van der Waals surface area contributed by atoms with Gasteiger partial charge in [0.2, 0.25) is 0 Å². The van der Waals surface area contributed by atoms with E-state index in [-0.39, 0.29) is 11.7 Å². The van der Waals surface area contributed by atoms with Gasteiger partial charge in [-0.15, -0.1) is 0 Å². The fraction of sp³-hybridized carbons (Fsp3) is 0.235. The number of anilines is 1. The van der Waals surface area contributed by atoms with Gasteiger partial charge in [0.05, 0.1) is 10.6 Å². The smallest absolute Gasteiger partial charge is 0.126 e. The summed E-state index contributed by atoms with van der Waals surface area (Å²) in [5, 5.41) is 12.8. The lowest BCUT2D eigenvalue weighted by Gasteiger charge is -2.37. The molecule has 1 saturated carbocycles. The molecule has 21 heavy (non-hydrogen) atoms. The highest BCUT2D eigenvalue weighted by atomic mass is 35.5. The fourth-order valence-electron chi connectivity index (χ4n) is 2.73. The molecule has 0 bridgehead atoms. The minimum absolute atomic E-state index is 0.126. The summed E-state index contributed by atoms with van der Waals surface area (Å²) in [5.41, 5.74) is 2.14. The molecule has 1 N–H and O–H groups in total. The standard InChI is InChI=1S/C17H14ClFN2/c18-16-6-5-13(9-12(16)10-20)21-14-7-11(8-14)15-3-1-2-4-17(15)19/h1-6,9,11,14,21H,7-8H2. The molecule has 0 amide bonds. The Morgan fingerprint density at radius 2 is 1.95 bits per heavy atom. The van der Waals surface area contributed by atoms with Crippen LogP contribution in [0.15, 0.2) is 42.5 Å². The average molecular weight is 301 g/mol.